The average Bonchev–Trinajstić information content (AvgIpc) is 2.91. The Morgan fingerprint density at radius 2 is 1.95 bits per heavy atom. The Morgan fingerprint density at radius 1 is 1.24 bits per heavy atom. The molecule has 5 heteroatoms. The fraction of sp³-hybridized carbons (Fsp3) is 0.625. The molecule has 21 heavy (non-hydrogen) atoms. The third-order valence-corrected chi connectivity index (χ3v) is 7.40. The van der Waals surface area contributed by atoms with Crippen LogP contribution in [0.2, 0.25) is 0 Å². The van der Waals surface area contributed by atoms with Gasteiger partial charge in [0, 0.05) is 18.6 Å². The first-order chi connectivity index (χ1) is 9.74. The normalized spacial score (nSPS) is 28.8. The quantitative estimate of drug-likeness (QED) is 0.908. The lowest BCUT2D eigenvalue weighted by Gasteiger charge is -2.35. The Morgan fingerprint density at radius 3 is 2.57 bits per heavy atom. The average molecular weight is 308 g/mol. The van der Waals surface area contributed by atoms with Crippen LogP contribution in [0.1, 0.15) is 25.0 Å². The van der Waals surface area contributed by atoms with Gasteiger partial charge in [0.2, 0.25) is 10.0 Å². The fourth-order valence-corrected chi connectivity index (χ4v) is 6.09. The van der Waals surface area contributed by atoms with E-state index in [0.29, 0.717) is 23.3 Å². The van der Waals surface area contributed by atoms with Crippen LogP contribution in [0.5, 0.6) is 0 Å². The van der Waals surface area contributed by atoms with Crippen molar-refractivity contribution < 1.29 is 8.42 Å². The molecule has 2 unspecified atom stereocenters. The van der Waals surface area contributed by atoms with Gasteiger partial charge in [-0.2, -0.15) is 4.31 Å². The molecule has 4 nitrogen and oxygen atoms in total. The Balaban J connectivity index is 2.03. The highest BCUT2D eigenvalue weighted by Crippen LogP contribution is 2.43. The summed E-state index contributed by atoms with van der Waals surface area (Å²) in [7, 11) is -3.43. The van der Waals surface area contributed by atoms with E-state index in [9.17, 15) is 8.42 Å². The Labute approximate surface area is 127 Å². The van der Waals surface area contributed by atoms with Gasteiger partial charge in [-0.15, -0.1) is 0 Å². The van der Waals surface area contributed by atoms with Gasteiger partial charge < -0.3 is 5.32 Å². The minimum atomic E-state index is -3.43. The van der Waals surface area contributed by atoms with Crippen LogP contribution in [0.15, 0.2) is 23.1 Å². The number of rotatable bonds is 2. The van der Waals surface area contributed by atoms with Gasteiger partial charge in [-0.05, 0) is 57.7 Å². The van der Waals surface area contributed by atoms with E-state index in [1.165, 1.54) is 0 Å². The van der Waals surface area contributed by atoms with E-state index < -0.39 is 10.0 Å². The third kappa shape index (κ3) is 2.22. The van der Waals surface area contributed by atoms with Gasteiger partial charge >= 0.3 is 0 Å². The summed E-state index contributed by atoms with van der Waals surface area (Å²) in [5.74, 6) is 0.832. The largest absolute Gasteiger partial charge is 0.316 e. The summed E-state index contributed by atoms with van der Waals surface area (Å²) in [6.07, 6.45) is 0. The molecule has 1 aromatic carbocycles. The highest BCUT2D eigenvalue weighted by molar-refractivity contribution is 7.89. The predicted molar refractivity (Wildman–Crippen MR) is 83.7 cm³/mol. The van der Waals surface area contributed by atoms with E-state index in [4.69, 9.17) is 0 Å². The molecule has 2 fully saturated rings. The van der Waals surface area contributed by atoms with Crippen molar-refractivity contribution in [2.45, 2.75) is 38.1 Å². The first-order valence-electron chi connectivity index (χ1n) is 7.55. The smallest absolute Gasteiger partial charge is 0.243 e. The summed E-state index contributed by atoms with van der Waals surface area (Å²) in [6.45, 7) is 10.5. The van der Waals surface area contributed by atoms with E-state index in [1.54, 1.807) is 10.4 Å². The number of fused-ring (bicyclic) bond motifs is 1. The van der Waals surface area contributed by atoms with Crippen LogP contribution < -0.4 is 5.32 Å². The predicted octanol–water partition coefficient (Wildman–Crippen LogP) is 1.92. The molecule has 0 radical (unpaired) electrons. The molecular weight excluding hydrogens is 284 g/mol. The van der Waals surface area contributed by atoms with Crippen LogP contribution in [-0.2, 0) is 10.0 Å². The van der Waals surface area contributed by atoms with Crippen LogP contribution in [0.25, 0.3) is 0 Å². The molecule has 2 heterocycles. The number of nitrogens with one attached hydrogen (secondary N) is 1. The lowest BCUT2D eigenvalue weighted by molar-refractivity contribution is 0.233. The molecule has 3 rings (SSSR count). The molecule has 0 saturated carbocycles. The van der Waals surface area contributed by atoms with E-state index in [0.717, 1.165) is 24.2 Å². The number of aryl methyl sites for hydroxylation is 2. The van der Waals surface area contributed by atoms with E-state index in [2.05, 4.69) is 19.2 Å². The maximum Gasteiger partial charge on any atom is 0.243 e. The Hall–Kier alpha value is -0.910. The number of nitrogens with zero attached hydrogens (tertiary/aromatic N) is 1. The number of hydrogen-bond donors (Lipinski definition) is 1. The van der Waals surface area contributed by atoms with Gasteiger partial charge in [-0.25, -0.2) is 8.42 Å². The van der Waals surface area contributed by atoms with Crippen molar-refractivity contribution in [3.8, 4) is 0 Å². The lowest BCUT2D eigenvalue weighted by atomic mass is 9.85. The van der Waals surface area contributed by atoms with E-state index >= 15 is 0 Å². The first-order valence-corrected chi connectivity index (χ1v) is 8.99. The van der Waals surface area contributed by atoms with Crippen LogP contribution in [0.3, 0.4) is 0 Å². The van der Waals surface area contributed by atoms with Crippen LogP contribution in [0.4, 0.5) is 0 Å². The highest BCUT2D eigenvalue weighted by Gasteiger charge is 2.54. The number of sulfonamides is 1. The molecule has 0 aliphatic carbocycles. The fourth-order valence-electron chi connectivity index (χ4n) is 4.00. The molecule has 2 aliphatic heterocycles. The van der Waals surface area contributed by atoms with Crippen molar-refractivity contribution in [3.63, 3.8) is 0 Å². The molecule has 0 aromatic heterocycles. The van der Waals surface area contributed by atoms with Crippen molar-refractivity contribution >= 4 is 10.0 Å². The summed E-state index contributed by atoms with van der Waals surface area (Å²) in [4.78, 5) is 0.453. The molecule has 0 spiro atoms. The Bertz CT molecular complexity index is 667. The minimum absolute atomic E-state index is 0.329. The zero-order chi connectivity index (χ0) is 15.4. The van der Waals surface area contributed by atoms with E-state index in [1.807, 2.05) is 26.0 Å². The lowest BCUT2D eigenvalue weighted by Crippen LogP contribution is -2.47. The second-order valence-electron chi connectivity index (χ2n) is 6.98. The monoisotopic (exact) mass is 308 g/mol. The number of benzene rings is 1. The maximum atomic E-state index is 13.1. The second-order valence-corrected chi connectivity index (χ2v) is 8.81. The van der Waals surface area contributed by atoms with Crippen LogP contribution >= 0.6 is 0 Å². The van der Waals surface area contributed by atoms with Gasteiger partial charge in [-0.3, -0.25) is 0 Å². The minimum Gasteiger partial charge on any atom is -0.316 e. The summed E-state index contributed by atoms with van der Waals surface area (Å²) in [6, 6.07) is 5.58. The summed E-state index contributed by atoms with van der Waals surface area (Å²) in [5, 5.41) is 3.39. The zero-order valence-electron chi connectivity index (χ0n) is 13.2. The van der Waals surface area contributed by atoms with Crippen molar-refractivity contribution in [1.82, 2.24) is 9.62 Å². The van der Waals surface area contributed by atoms with Gasteiger partial charge in [0.1, 0.15) is 0 Å². The topological polar surface area (TPSA) is 49.4 Å². The third-order valence-electron chi connectivity index (χ3n) is 5.19. The standard InChI is InChI=1S/C16H24N2O2S/c1-11-5-6-15(12(2)7-11)21(19,20)18-10-13-8-17-9-14(13)16(18,3)4/h5-7,13-14,17H,8-10H2,1-4H3. The second kappa shape index (κ2) is 4.80. The van der Waals surface area contributed by atoms with Gasteiger partial charge in [0.15, 0.2) is 0 Å². The highest BCUT2D eigenvalue weighted by atomic mass is 32.2. The van der Waals surface area contributed by atoms with Crippen LogP contribution in [-0.4, -0.2) is 37.9 Å². The Kier molecular flexibility index (Phi) is 3.43. The molecule has 0 bridgehead atoms. The van der Waals surface area contributed by atoms with Crippen molar-refractivity contribution in [3.05, 3.63) is 29.3 Å². The first kappa shape index (κ1) is 15.0. The zero-order valence-corrected chi connectivity index (χ0v) is 14.0. The SMILES string of the molecule is Cc1ccc(S(=O)(=O)N2CC3CNCC3C2(C)C)c(C)c1. The van der Waals surface area contributed by atoms with E-state index in [-0.39, 0.29) is 5.54 Å². The summed E-state index contributed by atoms with van der Waals surface area (Å²) in [5.41, 5.74) is 1.60. The molecule has 2 saturated heterocycles. The van der Waals surface area contributed by atoms with Crippen molar-refractivity contribution in [1.29, 1.82) is 0 Å². The maximum absolute atomic E-state index is 13.1. The summed E-state index contributed by atoms with van der Waals surface area (Å²) >= 11 is 0. The molecule has 116 valence electrons. The number of hydrogen-bond acceptors (Lipinski definition) is 3. The van der Waals surface area contributed by atoms with Gasteiger partial charge in [0.25, 0.3) is 0 Å². The molecule has 2 atom stereocenters. The van der Waals surface area contributed by atoms with Crippen molar-refractivity contribution in [2.24, 2.45) is 11.8 Å². The molecular formula is C16H24N2O2S. The van der Waals surface area contributed by atoms with Gasteiger partial charge in [0.05, 0.1) is 4.90 Å². The molecule has 1 aromatic rings. The molecule has 2 aliphatic rings. The van der Waals surface area contributed by atoms with Gasteiger partial charge in [-0.1, -0.05) is 17.7 Å². The molecule has 0 amide bonds. The summed E-state index contributed by atoms with van der Waals surface area (Å²) < 4.78 is 28.0. The molecule has 1 N–H and O–H groups in total. The van der Waals surface area contributed by atoms with Crippen LogP contribution in [0, 0.1) is 25.7 Å². The van der Waals surface area contributed by atoms with Crippen molar-refractivity contribution in [2.75, 3.05) is 19.6 Å².